The van der Waals surface area contributed by atoms with Crippen LogP contribution in [0, 0.1) is 17.2 Å². The van der Waals surface area contributed by atoms with E-state index in [0.29, 0.717) is 12.5 Å². The Balaban J connectivity index is 2.16. The normalized spacial score (nSPS) is 19.1. The van der Waals surface area contributed by atoms with Gasteiger partial charge < -0.3 is 10.1 Å². The third-order valence-electron chi connectivity index (χ3n) is 3.39. The summed E-state index contributed by atoms with van der Waals surface area (Å²) in [7, 11) is 1.86. The van der Waals surface area contributed by atoms with Crippen LogP contribution >= 0.6 is 0 Å². The highest BCUT2D eigenvalue weighted by Gasteiger charge is 2.44. The van der Waals surface area contributed by atoms with E-state index >= 15 is 0 Å². The van der Waals surface area contributed by atoms with E-state index in [4.69, 9.17) is 4.74 Å². The Hall–Kier alpha value is -0.590. The number of nitriles is 1. The molecule has 0 spiro atoms. The van der Waals surface area contributed by atoms with Gasteiger partial charge in [0.1, 0.15) is 5.54 Å². The van der Waals surface area contributed by atoms with Crippen LogP contribution < -0.4 is 5.32 Å². The smallest absolute Gasteiger partial charge is 0.132 e. The summed E-state index contributed by atoms with van der Waals surface area (Å²) in [6.45, 7) is 3.53. The highest BCUT2D eigenvalue weighted by Crippen LogP contribution is 2.39. The Kier molecular flexibility index (Phi) is 5.79. The van der Waals surface area contributed by atoms with Gasteiger partial charge in [-0.25, -0.2) is 0 Å². The zero-order chi connectivity index (χ0) is 11.9. The highest BCUT2D eigenvalue weighted by molar-refractivity contribution is 5.14. The summed E-state index contributed by atoms with van der Waals surface area (Å²) in [5, 5.41) is 12.4. The first-order valence-electron chi connectivity index (χ1n) is 6.47. The van der Waals surface area contributed by atoms with E-state index in [9.17, 15) is 5.26 Å². The maximum absolute atomic E-state index is 9.24. The summed E-state index contributed by atoms with van der Waals surface area (Å²) in [5.41, 5.74) is -0.426. The average molecular weight is 224 g/mol. The number of hydrogen-bond donors (Lipinski definition) is 1. The molecular formula is C13H24N2O. The number of unbranched alkanes of at least 4 members (excludes halogenated alkanes) is 3. The van der Waals surface area contributed by atoms with Gasteiger partial charge in [0.05, 0.1) is 12.7 Å². The van der Waals surface area contributed by atoms with Gasteiger partial charge >= 0.3 is 0 Å². The molecule has 1 atom stereocenters. The summed E-state index contributed by atoms with van der Waals surface area (Å²) in [6.07, 6.45) is 7.20. The van der Waals surface area contributed by atoms with E-state index in [1.165, 1.54) is 19.3 Å². The van der Waals surface area contributed by atoms with Gasteiger partial charge in [-0.2, -0.15) is 5.26 Å². The lowest BCUT2D eigenvalue weighted by molar-refractivity contribution is 0.0812. The Morgan fingerprint density at radius 3 is 2.62 bits per heavy atom. The lowest BCUT2D eigenvalue weighted by Crippen LogP contribution is -2.48. The van der Waals surface area contributed by atoms with Crippen LogP contribution in [-0.4, -0.2) is 25.8 Å². The predicted octanol–water partition coefficient (Wildman–Crippen LogP) is 2.48. The molecule has 0 bridgehead atoms. The van der Waals surface area contributed by atoms with E-state index in [2.05, 4.69) is 18.3 Å². The van der Waals surface area contributed by atoms with Crippen molar-refractivity contribution < 1.29 is 4.74 Å². The number of hydrogen-bond acceptors (Lipinski definition) is 3. The highest BCUT2D eigenvalue weighted by atomic mass is 16.5. The van der Waals surface area contributed by atoms with Crippen molar-refractivity contribution in [3.63, 3.8) is 0 Å². The van der Waals surface area contributed by atoms with Crippen molar-refractivity contribution in [2.45, 2.75) is 51.0 Å². The third-order valence-corrected chi connectivity index (χ3v) is 3.39. The van der Waals surface area contributed by atoms with E-state index in [1.54, 1.807) is 0 Å². The van der Waals surface area contributed by atoms with E-state index in [1.807, 2.05) is 7.05 Å². The van der Waals surface area contributed by atoms with E-state index < -0.39 is 5.54 Å². The molecule has 3 heteroatoms. The standard InChI is InChI=1S/C13H24N2O/c1-3-4-5-6-9-16-11-13(10-14,15-2)12-7-8-12/h12,15H,3-9,11H2,1-2H3. The Labute approximate surface area is 99.2 Å². The van der Waals surface area contributed by atoms with Crippen molar-refractivity contribution >= 4 is 0 Å². The molecule has 0 aliphatic heterocycles. The summed E-state index contributed by atoms with van der Waals surface area (Å²) >= 11 is 0. The fourth-order valence-electron chi connectivity index (χ4n) is 2.01. The van der Waals surface area contributed by atoms with Crippen LogP contribution in [0.4, 0.5) is 0 Å². The van der Waals surface area contributed by atoms with Gasteiger partial charge in [-0.3, -0.25) is 0 Å². The van der Waals surface area contributed by atoms with Gasteiger partial charge in [0.25, 0.3) is 0 Å². The van der Waals surface area contributed by atoms with Crippen molar-refractivity contribution in [2.24, 2.45) is 5.92 Å². The summed E-state index contributed by atoms with van der Waals surface area (Å²) in [4.78, 5) is 0. The molecule has 0 aromatic rings. The first-order chi connectivity index (χ1) is 7.79. The summed E-state index contributed by atoms with van der Waals surface area (Å²) in [6, 6.07) is 2.39. The molecule has 1 rings (SSSR count). The second-order valence-electron chi connectivity index (χ2n) is 4.72. The van der Waals surface area contributed by atoms with Gasteiger partial charge in [-0.05, 0) is 32.2 Å². The first-order valence-corrected chi connectivity index (χ1v) is 6.47. The molecule has 0 saturated heterocycles. The fourth-order valence-corrected chi connectivity index (χ4v) is 2.01. The monoisotopic (exact) mass is 224 g/mol. The zero-order valence-electron chi connectivity index (χ0n) is 10.6. The van der Waals surface area contributed by atoms with E-state index in [0.717, 1.165) is 25.9 Å². The minimum atomic E-state index is -0.426. The van der Waals surface area contributed by atoms with Crippen molar-refractivity contribution in [1.82, 2.24) is 5.32 Å². The molecule has 3 nitrogen and oxygen atoms in total. The van der Waals surface area contributed by atoms with Crippen LogP contribution in [-0.2, 0) is 4.74 Å². The van der Waals surface area contributed by atoms with Gasteiger partial charge in [-0.1, -0.05) is 26.2 Å². The minimum absolute atomic E-state index is 0.426. The zero-order valence-corrected chi connectivity index (χ0v) is 10.6. The van der Waals surface area contributed by atoms with Gasteiger partial charge in [0.2, 0.25) is 0 Å². The molecule has 0 heterocycles. The predicted molar refractivity (Wildman–Crippen MR) is 65.1 cm³/mol. The van der Waals surface area contributed by atoms with Crippen LogP contribution in [0.5, 0.6) is 0 Å². The fraction of sp³-hybridized carbons (Fsp3) is 0.923. The average Bonchev–Trinajstić information content (AvgIpc) is 3.14. The van der Waals surface area contributed by atoms with Crippen molar-refractivity contribution in [3.8, 4) is 6.07 Å². The first kappa shape index (κ1) is 13.5. The second-order valence-corrected chi connectivity index (χ2v) is 4.72. The molecular weight excluding hydrogens is 200 g/mol. The maximum atomic E-state index is 9.24. The molecule has 1 fully saturated rings. The molecule has 92 valence electrons. The maximum Gasteiger partial charge on any atom is 0.132 e. The molecule has 1 saturated carbocycles. The molecule has 1 unspecified atom stereocenters. The molecule has 0 amide bonds. The number of nitrogens with zero attached hydrogens (tertiary/aromatic N) is 1. The molecule has 1 aliphatic rings. The molecule has 16 heavy (non-hydrogen) atoms. The number of nitrogens with one attached hydrogen (secondary N) is 1. The van der Waals surface area contributed by atoms with Crippen LogP contribution in [0.2, 0.25) is 0 Å². The lowest BCUT2D eigenvalue weighted by atomic mass is 9.96. The minimum Gasteiger partial charge on any atom is -0.378 e. The van der Waals surface area contributed by atoms with Crippen molar-refractivity contribution in [2.75, 3.05) is 20.3 Å². The molecule has 0 aromatic carbocycles. The molecule has 0 aromatic heterocycles. The van der Waals surface area contributed by atoms with E-state index in [-0.39, 0.29) is 0 Å². The summed E-state index contributed by atoms with van der Waals surface area (Å²) in [5.74, 6) is 0.498. The van der Waals surface area contributed by atoms with Crippen LogP contribution in [0.3, 0.4) is 0 Å². The quantitative estimate of drug-likeness (QED) is 0.612. The third kappa shape index (κ3) is 3.77. The van der Waals surface area contributed by atoms with Gasteiger partial charge in [-0.15, -0.1) is 0 Å². The summed E-state index contributed by atoms with van der Waals surface area (Å²) < 4.78 is 5.64. The Bertz CT molecular complexity index is 233. The van der Waals surface area contributed by atoms with Crippen molar-refractivity contribution in [1.29, 1.82) is 5.26 Å². The molecule has 0 radical (unpaired) electrons. The van der Waals surface area contributed by atoms with Crippen LogP contribution in [0.25, 0.3) is 0 Å². The van der Waals surface area contributed by atoms with Crippen molar-refractivity contribution in [3.05, 3.63) is 0 Å². The number of ether oxygens (including phenoxy) is 1. The second kappa shape index (κ2) is 6.88. The largest absolute Gasteiger partial charge is 0.378 e. The Morgan fingerprint density at radius 2 is 2.12 bits per heavy atom. The lowest BCUT2D eigenvalue weighted by Gasteiger charge is -2.25. The van der Waals surface area contributed by atoms with Crippen LogP contribution in [0.1, 0.15) is 45.4 Å². The molecule has 1 N–H and O–H groups in total. The topological polar surface area (TPSA) is 45.0 Å². The number of likely N-dealkylation sites (N-methyl/N-ethyl adjacent to an activating group) is 1. The number of rotatable bonds is 9. The van der Waals surface area contributed by atoms with Crippen LogP contribution in [0.15, 0.2) is 0 Å². The van der Waals surface area contributed by atoms with Gasteiger partial charge in [0, 0.05) is 6.61 Å². The molecule has 1 aliphatic carbocycles. The van der Waals surface area contributed by atoms with Gasteiger partial charge in [0.15, 0.2) is 0 Å². The Morgan fingerprint density at radius 1 is 1.38 bits per heavy atom. The SMILES string of the molecule is CCCCCCOCC(C#N)(NC)C1CC1.